The summed E-state index contributed by atoms with van der Waals surface area (Å²) in [5.41, 5.74) is 5.53. The summed E-state index contributed by atoms with van der Waals surface area (Å²) in [5.74, 6) is 0. The second kappa shape index (κ2) is 0.532. The summed E-state index contributed by atoms with van der Waals surface area (Å²) in [4.78, 5) is 0. The highest BCUT2D eigenvalue weighted by Gasteiger charge is 2.63. The van der Waals surface area contributed by atoms with E-state index in [-0.39, 0.29) is 0 Å². The minimum atomic E-state index is 0.546. The molecular weight excluding hydrogens is 76.1 g/mol. The predicted octanol–water partition coefficient (Wildman–Crippen LogP) is -0.885. The molecule has 0 aliphatic carbocycles. The van der Waals surface area contributed by atoms with Crippen LogP contribution in [-0.4, -0.2) is 30.3 Å². The summed E-state index contributed by atoms with van der Waals surface area (Å²) in [6.07, 6.45) is 0.546. The molecule has 0 radical (unpaired) electrons. The summed E-state index contributed by atoms with van der Waals surface area (Å²) in [5, 5.41) is 0. The van der Waals surface area contributed by atoms with Crippen molar-refractivity contribution < 1.29 is 4.48 Å². The molecule has 2 aliphatic heterocycles. The lowest BCUT2D eigenvalue weighted by Crippen LogP contribution is -2.09. The molecule has 2 N–H and O–H groups in total. The third-order valence-corrected chi connectivity index (χ3v) is 1.92. The largest absolute Gasteiger partial charge is 0.289 e. The van der Waals surface area contributed by atoms with E-state index in [0.29, 0.717) is 6.17 Å². The Morgan fingerprint density at radius 2 is 2.00 bits per heavy atom. The van der Waals surface area contributed by atoms with E-state index in [2.05, 4.69) is 0 Å². The lowest BCUT2D eigenvalue weighted by atomic mass is 10.8. The van der Waals surface area contributed by atoms with E-state index in [0.717, 1.165) is 0 Å². The van der Waals surface area contributed by atoms with Crippen molar-refractivity contribution in [3.63, 3.8) is 0 Å². The molecule has 2 fully saturated rings. The van der Waals surface area contributed by atoms with Crippen molar-refractivity contribution in [3.8, 4) is 0 Å². The van der Waals surface area contributed by atoms with Crippen LogP contribution < -0.4 is 5.73 Å². The minimum absolute atomic E-state index is 0.546. The number of quaternary nitrogens is 1. The highest BCUT2D eigenvalue weighted by atomic mass is 15.6. The van der Waals surface area contributed by atoms with Gasteiger partial charge in [-0.1, -0.05) is 0 Å². The standard InChI is InChI=1S/C4H9N2/c5-4-3-6(4)1-2-6/h4H,1-3,5H2/q+1. The Hall–Kier alpha value is -0.0800. The average molecular weight is 85.1 g/mol. The van der Waals surface area contributed by atoms with Crippen LogP contribution in [0.2, 0.25) is 0 Å². The van der Waals surface area contributed by atoms with Crippen LogP contribution in [0.25, 0.3) is 0 Å². The van der Waals surface area contributed by atoms with Gasteiger partial charge >= 0.3 is 0 Å². The molecule has 1 atom stereocenters. The van der Waals surface area contributed by atoms with Gasteiger partial charge in [0.15, 0.2) is 6.17 Å². The summed E-state index contributed by atoms with van der Waals surface area (Å²) in [7, 11) is 0. The molecule has 0 aromatic rings. The molecule has 2 aliphatic rings. The maximum Gasteiger partial charge on any atom is 0.191 e. The van der Waals surface area contributed by atoms with E-state index < -0.39 is 0 Å². The van der Waals surface area contributed by atoms with Crippen molar-refractivity contribution in [1.29, 1.82) is 0 Å². The SMILES string of the molecule is NC1C[N+]12CC2. The quantitative estimate of drug-likeness (QED) is 0.300. The number of hydrogen-bond acceptors (Lipinski definition) is 1. The second-order valence-electron chi connectivity index (χ2n) is 2.42. The minimum Gasteiger partial charge on any atom is -0.289 e. The monoisotopic (exact) mass is 85.1 g/mol. The van der Waals surface area contributed by atoms with E-state index in [4.69, 9.17) is 5.73 Å². The Bertz CT molecular complexity index is 85.5. The van der Waals surface area contributed by atoms with Crippen molar-refractivity contribution in [2.24, 2.45) is 5.73 Å². The molecule has 1 spiro atoms. The van der Waals surface area contributed by atoms with Crippen LogP contribution in [0.4, 0.5) is 0 Å². The Balaban J connectivity index is 2.17. The second-order valence-corrected chi connectivity index (χ2v) is 2.42. The van der Waals surface area contributed by atoms with E-state index >= 15 is 0 Å². The number of hydrogen-bond donors (Lipinski definition) is 1. The average Bonchev–Trinajstić information content (AvgIpc) is 2.25. The first-order valence-electron chi connectivity index (χ1n) is 2.45. The molecular formula is C4H9N2+. The molecule has 2 nitrogen and oxygen atoms in total. The van der Waals surface area contributed by atoms with Crippen molar-refractivity contribution in [1.82, 2.24) is 0 Å². The van der Waals surface area contributed by atoms with E-state index in [9.17, 15) is 0 Å². The summed E-state index contributed by atoms with van der Waals surface area (Å²) < 4.78 is 1.26. The van der Waals surface area contributed by atoms with Crippen molar-refractivity contribution >= 4 is 0 Å². The zero-order chi connectivity index (χ0) is 4.20. The van der Waals surface area contributed by atoms with Gasteiger partial charge in [-0.3, -0.25) is 10.2 Å². The van der Waals surface area contributed by atoms with Crippen LogP contribution in [0.3, 0.4) is 0 Å². The lowest BCUT2D eigenvalue weighted by molar-refractivity contribution is -0.665. The van der Waals surface area contributed by atoms with Gasteiger partial charge in [0.1, 0.15) is 19.6 Å². The smallest absolute Gasteiger partial charge is 0.191 e. The molecule has 0 aromatic carbocycles. The van der Waals surface area contributed by atoms with Crippen LogP contribution in [0.1, 0.15) is 0 Å². The lowest BCUT2D eigenvalue weighted by Gasteiger charge is -1.78. The Morgan fingerprint density at radius 1 is 1.50 bits per heavy atom. The van der Waals surface area contributed by atoms with Gasteiger partial charge < -0.3 is 0 Å². The molecule has 6 heavy (non-hydrogen) atoms. The zero-order valence-electron chi connectivity index (χ0n) is 3.72. The normalized spacial score (nSPS) is 46.5. The molecule has 34 valence electrons. The third kappa shape index (κ3) is 0.172. The summed E-state index contributed by atoms with van der Waals surface area (Å²) in [6, 6.07) is 0. The zero-order valence-corrected chi connectivity index (χ0v) is 3.72. The van der Waals surface area contributed by atoms with Gasteiger partial charge in [-0.15, -0.1) is 0 Å². The fourth-order valence-electron chi connectivity index (χ4n) is 0.968. The molecule has 0 bridgehead atoms. The fraction of sp³-hybridized carbons (Fsp3) is 1.00. The molecule has 0 saturated carbocycles. The third-order valence-electron chi connectivity index (χ3n) is 1.92. The van der Waals surface area contributed by atoms with Gasteiger partial charge in [0, 0.05) is 0 Å². The number of nitrogens with zero attached hydrogens (tertiary/aromatic N) is 1. The van der Waals surface area contributed by atoms with Gasteiger partial charge in [0.2, 0.25) is 0 Å². The van der Waals surface area contributed by atoms with Crippen LogP contribution in [0, 0.1) is 0 Å². The van der Waals surface area contributed by atoms with Crippen LogP contribution in [0.5, 0.6) is 0 Å². The molecule has 1 unspecified atom stereocenters. The Kier molecular flexibility index (Phi) is 0.265. The molecule has 2 heteroatoms. The first-order valence-corrected chi connectivity index (χ1v) is 2.45. The maximum atomic E-state index is 5.53. The van der Waals surface area contributed by atoms with E-state index in [1.165, 1.54) is 24.1 Å². The van der Waals surface area contributed by atoms with E-state index in [1.54, 1.807) is 0 Å². The predicted molar refractivity (Wildman–Crippen MR) is 22.8 cm³/mol. The van der Waals surface area contributed by atoms with E-state index in [1.807, 2.05) is 0 Å². The first-order chi connectivity index (χ1) is 2.83. The van der Waals surface area contributed by atoms with Gasteiger partial charge in [-0.25, -0.2) is 0 Å². The molecule has 2 rings (SSSR count). The van der Waals surface area contributed by atoms with Crippen molar-refractivity contribution in [2.75, 3.05) is 19.6 Å². The van der Waals surface area contributed by atoms with Crippen LogP contribution in [-0.2, 0) is 0 Å². The Labute approximate surface area is 37.1 Å². The first kappa shape index (κ1) is 2.99. The van der Waals surface area contributed by atoms with Gasteiger partial charge in [0.05, 0.1) is 0 Å². The summed E-state index contributed by atoms with van der Waals surface area (Å²) >= 11 is 0. The molecule has 2 heterocycles. The summed E-state index contributed by atoms with van der Waals surface area (Å²) in [6.45, 7) is 3.99. The maximum absolute atomic E-state index is 5.53. The molecule has 2 saturated heterocycles. The highest BCUT2D eigenvalue weighted by Crippen LogP contribution is 2.36. The van der Waals surface area contributed by atoms with Gasteiger partial charge in [0.25, 0.3) is 0 Å². The Morgan fingerprint density at radius 3 is 2.00 bits per heavy atom. The molecule has 0 aromatic heterocycles. The molecule has 0 amide bonds. The van der Waals surface area contributed by atoms with Gasteiger partial charge in [-0.05, 0) is 0 Å². The topological polar surface area (TPSA) is 26.0 Å². The van der Waals surface area contributed by atoms with Crippen molar-refractivity contribution in [2.45, 2.75) is 6.17 Å². The number of nitrogens with two attached hydrogens (primary N) is 1. The highest BCUT2D eigenvalue weighted by molar-refractivity contribution is 4.76. The van der Waals surface area contributed by atoms with Crippen LogP contribution >= 0.6 is 0 Å². The number of rotatable bonds is 0. The fourth-order valence-corrected chi connectivity index (χ4v) is 0.968. The van der Waals surface area contributed by atoms with Crippen LogP contribution in [0.15, 0.2) is 0 Å². The van der Waals surface area contributed by atoms with Crippen molar-refractivity contribution in [3.05, 3.63) is 0 Å². The van der Waals surface area contributed by atoms with Gasteiger partial charge in [-0.2, -0.15) is 0 Å².